The number of nitrogens with one attached hydrogen (secondary N) is 1. The van der Waals surface area contributed by atoms with Gasteiger partial charge in [-0.25, -0.2) is 4.79 Å². The minimum atomic E-state index is -1.15. The number of carboxylic acids is 3. The van der Waals surface area contributed by atoms with E-state index in [1.807, 2.05) is 0 Å². The Labute approximate surface area is 136 Å². The van der Waals surface area contributed by atoms with Crippen molar-refractivity contribution in [1.82, 2.24) is 5.32 Å². The van der Waals surface area contributed by atoms with Gasteiger partial charge in [-0.2, -0.15) is 0 Å². The van der Waals surface area contributed by atoms with Crippen molar-refractivity contribution in [3.05, 3.63) is 23.8 Å². The van der Waals surface area contributed by atoms with Gasteiger partial charge in [0.1, 0.15) is 12.1 Å². The van der Waals surface area contributed by atoms with Gasteiger partial charge in [0.2, 0.25) is 0 Å². The first kappa shape index (κ1) is 17.5. The number of carbonyl (C=O) groups is 3. The van der Waals surface area contributed by atoms with Crippen molar-refractivity contribution >= 4 is 17.9 Å². The summed E-state index contributed by atoms with van der Waals surface area (Å²) in [6, 6.07) is 2.97. The molecule has 24 heavy (non-hydrogen) atoms. The quantitative estimate of drug-likeness (QED) is 0.551. The molecule has 1 aromatic carbocycles. The lowest BCUT2D eigenvalue weighted by atomic mass is 9.94. The molecule has 0 radical (unpaired) electrons. The Balaban J connectivity index is 2.24. The second-order valence-electron chi connectivity index (χ2n) is 5.31. The molecule has 2 unspecified atom stereocenters. The first-order chi connectivity index (χ1) is 11.3. The van der Waals surface area contributed by atoms with Gasteiger partial charge in [-0.3, -0.25) is 9.59 Å². The summed E-state index contributed by atoms with van der Waals surface area (Å²) in [6.45, 7) is 0.152. The number of ether oxygens (including phenoxy) is 2. The van der Waals surface area contributed by atoms with E-state index in [2.05, 4.69) is 5.32 Å². The van der Waals surface area contributed by atoms with E-state index < -0.39 is 36.0 Å². The predicted molar refractivity (Wildman–Crippen MR) is 79.5 cm³/mol. The fourth-order valence-electron chi connectivity index (χ4n) is 2.67. The number of rotatable bonds is 7. The molecule has 3 atom stereocenters. The minimum absolute atomic E-state index is 0.00856. The van der Waals surface area contributed by atoms with E-state index in [0.29, 0.717) is 0 Å². The largest absolute Gasteiger partial charge is 0.493 e. The van der Waals surface area contributed by atoms with Crippen LogP contribution >= 0.6 is 0 Å². The Morgan fingerprint density at radius 2 is 1.92 bits per heavy atom. The molecular weight excluding hydrogens is 322 g/mol. The maximum atomic E-state index is 11.2. The lowest BCUT2D eigenvalue weighted by Gasteiger charge is -2.22. The first-order valence-electron chi connectivity index (χ1n) is 7.09. The van der Waals surface area contributed by atoms with Gasteiger partial charge in [0.25, 0.3) is 0 Å². The number of methoxy groups -OCH3 is 1. The Morgan fingerprint density at radius 1 is 1.21 bits per heavy atom. The van der Waals surface area contributed by atoms with Crippen LogP contribution in [0.2, 0.25) is 0 Å². The number of benzene rings is 1. The third-order valence-corrected chi connectivity index (χ3v) is 3.81. The highest BCUT2D eigenvalue weighted by molar-refractivity contribution is 5.88. The Morgan fingerprint density at radius 3 is 2.46 bits per heavy atom. The Kier molecular flexibility index (Phi) is 5.24. The zero-order valence-corrected chi connectivity index (χ0v) is 12.8. The van der Waals surface area contributed by atoms with Crippen LogP contribution < -0.4 is 14.8 Å². The van der Waals surface area contributed by atoms with E-state index >= 15 is 0 Å². The number of aliphatic carboxylic acids is 2. The highest BCUT2D eigenvalue weighted by Gasteiger charge is 2.43. The maximum absolute atomic E-state index is 11.2. The summed E-state index contributed by atoms with van der Waals surface area (Å²) in [5.41, 5.74) is 0.00856. The fraction of sp³-hybridized carbons (Fsp3) is 0.400. The summed E-state index contributed by atoms with van der Waals surface area (Å²) in [5.74, 6) is -3.79. The van der Waals surface area contributed by atoms with E-state index in [0.717, 1.165) is 0 Å². The van der Waals surface area contributed by atoms with Crippen molar-refractivity contribution < 1.29 is 39.2 Å². The van der Waals surface area contributed by atoms with Gasteiger partial charge in [-0.05, 0) is 18.2 Å². The van der Waals surface area contributed by atoms with Crippen LogP contribution in [0, 0.1) is 5.92 Å². The monoisotopic (exact) mass is 339 g/mol. The van der Waals surface area contributed by atoms with Gasteiger partial charge in [0.15, 0.2) is 11.5 Å². The van der Waals surface area contributed by atoms with Crippen LogP contribution in [0.4, 0.5) is 0 Å². The third kappa shape index (κ3) is 3.74. The Hall–Kier alpha value is -2.81. The molecule has 1 aromatic rings. The number of aromatic carboxylic acids is 1. The molecule has 0 spiro atoms. The summed E-state index contributed by atoms with van der Waals surface area (Å²) in [4.78, 5) is 33.2. The van der Waals surface area contributed by atoms with Crippen LogP contribution in [0.1, 0.15) is 16.8 Å². The molecule has 9 heteroatoms. The van der Waals surface area contributed by atoms with Crippen molar-refractivity contribution in [1.29, 1.82) is 0 Å². The molecule has 4 N–H and O–H groups in total. The van der Waals surface area contributed by atoms with E-state index in [9.17, 15) is 19.5 Å². The van der Waals surface area contributed by atoms with Crippen LogP contribution in [0.3, 0.4) is 0 Å². The average molecular weight is 339 g/mol. The molecule has 1 saturated heterocycles. The summed E-state index contributed by atoms with van der Waals surface area (Å²) in [5, 5.41) is 29.9. The summed E-state index contributed by atoms with van der Waals surface area (Å²) in [7, 11) is 1.34. The summed E-state index contributed by atoms with van der Waals surface area (Å²) in [6.07, 6.45) is -1.07. The lowest BCUT2D eigenvalue weighted by molar-refractivity contribution is -0.142. The van der Waals surface area contributed by atoms with Gasteiger partial charge >= 0.3 is 17.9 Å². The van der Waals surface area contributed by atoms with Crippen molar-refractivity contribution in [2.75, 3.05) is 13.7 Å². The Bertz CT molecular complexity index is 659. The molecule has 1 aliphatic rings. The SMILES string of the molecule is COc1cc(C(=O)O)ccc1OC1CNC(C(=O)O)[C@H]1CC(=O)O. The molecule has 1 heterocycles. The molecule has 0 aliphatic carbocycles. The highest BCUT2D eigenvalue weighted by Crippen LogP contribution is 2.32. The minimum Gasteiger partial charge on any atom is -0.493 e. The van der Waals surface area contributed by atoms with Crippen molar-refractivity contribution in [2.24, 2.45) is 5.92 Å². The molecular formula is C15H17NO8. The molecule has 9 nitrogen and oxygen atoms in total. The molecule has 0 bridgehead atoms. The topological polar surface area (TPSA) is 142 Å². The predicted octanol–water partition coefficient (Wildman–Crippen LogP) is 0.288. The van der Waals surface area contributed by atoms with Gasteiger partial charge < -0.3 is 30.1 Å². The summed E-state index contributed by atoms with van der Waals surface area (Å²) < 4.78 is 10.8. The van der Waals surface area contributed by atoms with Gasteiger partial charge in [0, 0.05) is 12.5 Å². The number of hydrogen-bond acceptors (Lipinski definition) is 6. The van der Waals surface area contributed by atoms with Gasteiger partial charge in [-0.1, -0.05) is 0 Å². The first-order valence-corrected chi connectivity index (χ1v) is 7.09. The van der Waals surface area contributed by atoms with Crippen molar-refractivity contribution in [2.45, 2.75) is 18.6 Å². The van der Waals surface area contributed by atoms with E-state index in [1.54, 1.807) is 0 Å². The molecule has 1 fully saturated rings. The molecule has 0 saturated carbocycles. The zero-order valence-electron chi connectivity index (χ0n) is 12.8. The molecule has 1 aliphatic heterocycles. The van der Waals surface area contributed by atoms with Crippen LogP contribution in [-0.2, 0) is 9.59 Å². The second kappa shape index (κ2) is 7.18. The highest BCUT2D eigenvalue weighted by atomic mass is 16.5. The summed E-state index contributed by atoms with van der Waals surface area (Å²) >= 11 is 0. The molecule has 0 aromatic heterocycles. The van der Waals surface area contributed by atoms with Gasteiger partial charge in [0.05, 0.1) is 19.1 Å². The second-order valence-corrected chi connectivity index (χ2v) is 5.31. The number of hydrogen-bond donors (Lipinski definition) is 4. The number of carboxylic acid groups (broad SMARTS) is 3. The zero-order chi connectivity index (χ0) is 17.9. The van der Waals surface area contributed by atoms with Crippen molar-refractivity contribution in [3.8, 4) is 11.5 Å². The third-order valence-electron chi connectivity index (χ3n) is 3.81. The normalized spacial score (nSPS) is 22.8. The lowest BCUT2D eigenvalue weighted by Crippen LogP contribution is -2.38. The van der Waals surface area contributed by atoms with Crippen LogP contribution in [0.15, 0.2) is 18.2 Å². The van der Waals surface area contributed by atoms with E-state index in [-0.39, 0.29) is 30.0 Å². The smallest absolute Gasteiger partial charge is 0.335 e. The molecule has 130 valence electrons. The molecule has 2 rings (SSSR count). The average Bonchev–Trinajstić information content (AvgIpc) is 2.89. The van der Waals surface area contributed by atoms with Crippen LogP contribution in [0.25, 0.3) is 0 Å². The fourth-order valence-corrected chi connectivity index (χ4v) is 2.67. The van der Waals surface area contributed by atoms with Crippen LogP contribution in [-0.4, -0.2) is 59.0 Å². The molecule has 0 amide bonds. The maximum Gasteiger partial charge on any atom is 0.335 e. The van der Waals surface area contributed by atoms with E-state index in [4.69, 9.17) is 19.7 Å². The van der Waals surface area contributed by atoms with Gasteiger partial charge in [-0.15, -0.1) is 0 Å². The van der Waals surface area contributed by atoms with Crippen molar-refractivity contribution in [3.63, 3.8) is 0 Å². The standard InChI is InChI=1S/C15H17NO8/c1-23-10-4-7(14(19)20)2-3-9(10)24-11-6-16-13(15(21)22)8(11)5-12(17)18/h2-4,8,11,13,16H,5-6H2,1H3,(H,17,18)(H,19,20)(H,21,22)/t8-,11?,13?/m0/s1. The van der Waals surface area contributed by atoms with Crippen LogP contribution in [0.5, 0.6) is 11.5 Å². The van der Waals surface area contributed by atoms with E-state index in [1.165, 1.54) is 25.3 Å².